The van der Waals surface area contributed by atoms with Crippen molar-refractivity contribution in [3.05, 3.63) is 29.6 Å². The first-order chi connectivity index (χ1) is 8.20. The molecule has 1 aromatic rings. The molecule has 18 heavy (non-hydrogen) atoms. The molecule has 1 aromatic heterocycles. The van der Waals surface area contributed by atoms with Crippen LogP contribution in [-0.2, 0) is 11.3 Å². The van der Waals surface area contributed by atoms with Crippen molar-refractivity contribution in [2.75, 3.05) is 6.61 Å². The predicted octanol–water partition coefficient (Wildman–Crippen LogP) is 0.869. The van der Waals surface area contributed by atoms with Crippen LogP contribution in [0.5, 0.6) is 0 Å². The molecule has 0 bridgehead atoms. The Balaban J connectivity index is 0.00000162. The Kier molecular flexibility index (Phi) is 5.53. The molecule has 1 fully saturated rings. The van der Waals surface area contributed by atoms with Gasteiger partial charge in [0.15, 0.2) is 0 Å². The Morgan fingerprint density at radius 1 is 1.67 bits per heavy atom. The molecule has 6 heteroatoms. The molecule has 0 spiro atoms. The van der Waals surface area contributed by atoms with E-state index in [9.17, 15) is 4.79 Å². The van der Waals surface area contributed by atoms with E-state index in [0.717, 1.165) is 6.42 Å². The lowest BCUT2D eigenvalue weighted by molar-refractivity contribution is 0.0866. The first-order valence-corrected chi connectivity index (χ1v) is 5.78. The van der Waals surface area contributed by atoms with Gasteiger partial charge in [-0.05, 0) is 25.5 Å². The van der Waals surface area contributed by atoms with Crippen LogP contribution < -0.4 is 11.1 Å². The number of nitrogens with zero attached hydrogens (tertiary/aromatic N) is 1. The number of hydrogen-bond donors (Lipinski definition) is 2. The number of nitrogens with two attached hydrogens (primary N) is 1. The third kappa shape index (κ3) is 3.41. The molecular weight excluding hydrogens is 254 g/mol. The highest BCUT2D eigenvalue weighted by Crippen LogP contribution is 2.13. The SMILES string of the molecule is CC1OCCC1NC(=O)c1ccnc(CN)c1.Cl. The van der Waals surface area contributed by atoms with E-state index in [1.54, 1.807) is 18.3 Å². The van der Waals surface area contributed by atoms with Crippen LogP contribution in [0.25, 0.3) is 0 Å². The van der Waals surface area contributed by atoms with Gasteiger partial charge in [0.1, 0.15) is 0 Å². The molecule has 2 rings (SSSR count). The van der Waals surface area contributed by atoms with Gasteiger partial charge in [0.2, 0.25) is 0 Å². The van der Waals surface area contributed by atoms with Gasteiger partial charge in [-0.3, -0.25) is 9.78 Å². The second kappa shape index (κ2) is 6.68. The number of ether oxygens (including phenoxy) is 1. The van der Waals surface area contributed by atoms with E-state index in [1.807, 2.05) is 6.92 Å². The molecule has 2 heterocycles. The molecule has 1 aliphatic rings. The van der Waals surface area contributed by atoms with Gasteiger partial charge in [-0.1, -0.05) is 0 Å². The molecule has 2 unspecified atom stereocenters. The largest absolute Gasteiger partial charge is 0.376 e. The standard InChI is InChI=1S/C12H17N3O2.ClH/c1-8-11(3-5-17-8)15-12(16)9-2-4-14-10(6-9)7-13;/h2,4,6,8,11H,3,5,7,13H2,1H3,(H,15,16);1H. The molecule has 0 aromatic carbocycles. The Bertz CT molecular complexity index is 414. The number of hydrogen-bond acceptors (Lipinski definition) is 4. The van der Waals surface area contributed by atoms with Crippen molar-refractivity contribution in [3.8, 4) is 0 Å². The van der Waals surface area contributed by atoms with Crippen molar-refractivity contribution in [1.29, 1.82) is 0 Å². The average molecular weight is 272 g/mol. The molecular formula is C12H18ClN3O2. The Labute approximate surface area is 113 Å². The van der Waals surface area contributed by atoms with Crippen LogP contribution >= 0.6 is 12.4 Å². The van der Waals surface area contributed by atoms with E-state index in [0.29, 0.717) is 24.4 Å². The monoisotopic (exact) mass is 271 g/mol. The number of amides is 1. The van der Waals surface area contributed by atoms with Crippen LogP contribution in [-0.4, -0.2) is 29.6 Å². The number of halogens is 1. The average Bonchev–Trinajstić information content (AvgIpc) is 2.75. The van der Waals surface area contributed by atoms with Crippen LogP contribution in [0.15, 0.2) is 18.3 Å². The summed E-state index contributed by atoms with van der Waals surface area (Å²) in [5, 5.41) is 2.96. The molecule has 2 atom stereocenters. The van der Waals surface area contributed by atoms with Gasteiger partial charge >= 0.3 is 0 Å². The Morgan fingerprint density at radius 2 is 2.44 bits per heavy atom. The fourth-order valence-electron chi connectivity index (χ4n) is 1.90. The summed E-state index contributed by atoms with van der Waals surface area (Å²) < 4.78 is 5.40. The molecule has 1 saturated heterocycles. The number of rotatable bonds is 3. The molecule has 0 aliphatic carbocycles. The van der Waals surface area contributed by atoms with E-state index in [1.165, 1.54) is 0 Å². The van der Waals surface area contributed by atoms with Crippen LogP contribution in [0.3, 0.4) is 0 Å². The van der Waals surface area contributed by atoms with Crippen LogP contribution in [0.2, 0.25) is 0 Å². The number of carbonyl (C=O) groups is 1. The van der Waals surface area contributed by atoms with E-state index in [-0.39, 0.29) is 30.5 Å². The van der Waals surface area contributed by atoms with Crippen LogP contribution in [0.4, 0.5) is 0 Å². The van der Waals surface area contributed by atoms with E-state index < -0.39 is 0 Å². The maximum absolute atomic E-state index is 12.0. The van der Waals surface area contributed by atoms with Gasteiger partial charge < -0.3 is 15.8 Å². The van der Waals surface area contributed by atoms with Crippen molar-refractivity contribution in [2.45, 2.75) is 32.0 Å². The fraction of sp³-hybridized carbons (Fsp3) is 0.500. The summed E-state index contributed by atoms with van der Waals surface area (Å²) in [7, 11) is 0. The summed E-state index contributed by atoms with van der Waals surface area (Å²) in [4.78, 5) is 16.0. The fourth-order valence-corrected chi connectivity index (χ4v) is 1.90. The Hall–Kier alpha value is -1.17. The van der Waals surface area contributed by atoms with E-state index in [2.05, 4.69) is 10.3 Å². The third-order valence-corrected chi connectivity index (χ3v) is 2.98. The topological polar surface area (TPSA) is 77.2 Å². The van der Waals surface area contributed by atoms with Gasteiger partial charge in [-0.25, -0.2) is 0 Å². The summed E-state index contributed by atoms with van der Waals surface area (Å²) in [5.74, 6) is -0.0931. The van der Waals surface area contributed by atoms with Crippen molar-refractivity contribution >= 4 is 18.3 Å². The zero-order chi connectivity index (χ0) is 12.3. The zero-order valence-corrected chi connectivity index (χ0v) is 11.1. The van der Waals surface area contributed by atoms with Gasteiger partial charge in [0.05, 0.1) is 17.8 Å². The van der Waals surface area contributed by atoms with Crippen LogP contribution in [0, 0.1) is 0 Å². The smallest absolute Gasteiger partial charge is 0.251 e. The third-order valence-electron chi connectivity index (χ3n) is 2.98. The quantitative estimate of drug-likeness (QED) is 0.855. The zero-order valence-electron chi connectivity index (χ0n) is 10.3. The highest BCUT2D eigenvalue weighted by molar-refractivity contribution is 5.94. The van der Waals surface area contributed by atoms with Crippen molar-refractivity contribution in [2.24, 2.45) is 5.73 Å². The molecule has 1 amide bonds. The van der Waals surface area contributed by atoms with Gasteiger partial charge in [-0.2, -0.15) is 0 Å². The lowest BCUT2D eigenvalue weighted by Gasteiger charge is -2.16. The lowest BCUT2D eigenvalue weighted by atomic mass is 10.1. The summed E-state index contributed by atoms with van der Waals surface area (Å²) in [6.07, 6.45) is 2.54. The molecule has 0 saturated carbocycles. The second-order valence-electron chi connectivity index (χ2n) is 4.18. The molecule has 0 radical (unpaired) electrons. The van der Waals surface area contributed by atoms with Crippen molar-refractivity contribution < 1.29 is 9.53 Å². The minimum absolute atomic E-state index is 0. The molecule has 3 N–H and O–H groups in total. The second-order valence-corrected chi connectivity index (χ2v) is 4.18. The summed E-state index contributed by atoms with van der Waals surface area (Å²) >= 11 is 0. The van der Waals surface area contributed by atoms with E-state index in [4.69, 9.17) is 10.5 Å². The number of carbonyl (C=O) groups excluding carboxylic acids is 1. The Morgan fingerprint density at radius 3 is 3.06 bits per heavy atom. The maximum atomic E-state index is 12.0. The van der Waals surface area contributed by atoms with Gasteiger partial charge in [0, 0.05) is 24.9 Å². The summed E-state index contributed by atoms with van der Waals surface area (Å²) in [5.41, 5.74) is 6.80. The number of nitrogens with one attached hydrogen (secondary N) is 1. The highest BCUT2D eigenvalue weighted by Gasteiger charge is 2.25. The van der Waals surface area contributed by atoms with Gasteiger partial charge in [0.25, 0.3) is 5.91 Å². The van der Waals surface area contributed by atoms with Crippen LogP contribution in [0.1, 0.15) is 29.4 Å². The molecule has 5 nitrogen and oxygen atoms in total. The minimum Gasteiger partial charge on any atom is -0.376 e. The first kappa shape index (κ1) is 14.9. The van der Waals surface area contributed by atoms with E-state index >= 15 is 0 Å². The molecule has 1 aliphatic heterocycles. The van der Waals surface area contributed by atoms with Crippen molar-refractivity contribution in [1.82, 2.24) is 10.3 Å². The highest BCUT2D eigenvalue weighted by atomic mass is 35.5. The lowest BCUT2D eigenvalue weighted by Crippen LogP contribution is -2.39. The number of aromatic nitrogens is 1. The van der Waals surface area contributed by atoms with Crippen molar-refractivity contribution in [3.63, 3.8) is 0 Å². The first-order valence-electron chi connectivity index (χ1n) is 5.78. The minimum atomic E-state index is -0.0931. The summed E-state index contributed by atoms with van der Waals surface area (Å²) in [6, 6.07) is 3.50. The number of pyridine rings is 1. The summed E-state index contributed by atoms with van der Waals surface area (Å²) in [6.45, 7) is 3.01. The molecule has 100 valence electrons. The van der Waals surface area contributed by atoms with Gasteiger partial charge in [-0.15, -0.1) is 12.4 Å². The maximum Gasteiger partial charge on any atom is 0.251 e. The normalized spacial score (nSPS) is 22.3. The predicted molar refractivity (Wildman–Crippen MR) is 70.7 cm³/mol.